The molecular weight excluding hydrogens is 1160 g/mol. The van der Waals surface area contributed by atoms with Crippen LogP contribution in [0.2, 0.25) is 0 Å². The molecule has 440 valence electrons. The Kier molecular flexibility index (Phi) is 19.4. The number of hydrogen-bond acceptors (Lipinski definition) is 5. The largest absolute Gasteiger partial charge is 0.438 e. The highest BCUT2D eigenvalue weighted by atomic mass is 19.5. The molecule has 4 unspecified atom stereocenters. The van der Waals surface area contributed by atoms with Gasteiger partial charge in [0.15, 0.2) is 0 Å². The van der Waals surface area contributed by atoms with Crippen LogP contribution >= 0.6 is 0 Å². The Balaban J connectivity index is 5.88. The van der Waals surface area contributed by atoms with Crippen molar-refractivity contribution in [2.24, 2.45) is 0 Å². The molecule has 0 aliphatic carbocycles. The number of alkyl halides is 38. The Labute approximate surface area is 377 Å². The lowest BCUT2D eigenvalue weighted by Gasteiger charge is -2.45. The van der Waals surface area contributed by atoms with E-state index in [1.165, 1.54) is 0 Å². The Bertz CT molecular complexity index is 1660. The van der Waals surface area contributed by atoms with Crippen LogP contribution < -0.4 is 0 Å². The monoisotopic (exact) mass is 1190 g/mol. The average molecular weight is 1190 g/mol. The van der Waals surface area contributed by atoms with Crippen LogP contribution in [0, 0.1) is 0 Å². The van der Waals surface area contributed by atoms with Gasteiger partial charge in [0, 0.05) is 12.8 Å². The number of aliphatic hydroxyl groups is 2. The van der Waals surface area contributed by atoms with Crippen LogP contribution in [0.4, 0.5) is 167 Å². The average Bonchev–Trinajstić information content (AvgIpc) is 3.13. The molecule has 4 atom stereocenters. The molecule has 0 aromatic carbocycles. The molecule has 0 amide bonds. The molecule has 0 saturated heterocycles. The van der Waals surface area contributed by atoms with Crippen LogP contribution in [0.1, 0.15) is 26.7 Å². The van der Waals surface area contributed by atoms with E-state index in [1.807, 2.05) is 0 Å². The standard InChI is InChI=1S/C30H24F38O5/c1-9(5-71-7-11(69)3-13(31,32)17(37,38)21(45,46)25(53,54)23(49,50)19(41,42)15(35,27(57,58)59)28(60,61)62)73-10(2)6-72-8-12(70)4-14(33,34)18(39,40)22(47,48)26(55,56)24(51,52)20(43,44)16(36,29(63,64)65)30(66,67)68/h9-12,69-70H,3-8H2,1-2H3. The number of halogens is 38. The Morgan fingerprint density at radius 3 is 0.644 bits per heavy atom. The smallest absolute Gasteiger partial charge is 0.390 e. The summed E-state index contributed by atoms with van der Waals surface area (Å²) in [5.74, 6) is -105. The molecule has 43 heteroatoms. The van der Waals surface area contributed by atoms with Crippen molar-refractivity contribution >= 4 is 0 Å². The van der Waals surface area contributed by atoms with E-state index in [0.29, 0.717) is 0 Å². The predicted molar refractivity (Wildman–Crippen MR) is 154 cm³/mol. The molecule has 5 nitrogen and oxygen atoms in total. The summed E-state index contributed by atoms with van der Waals surface area (Å²) in [6, 6.07) is 0. The van der Waals surface area contributed by atoms with Gasteiger partial charge in [0.05, 0.1) is 50.8 Å². The van der Waals surface area contributed by atoms with Crippen molar-refractivity contribution in [2.75, 3.05) is 26.4 Å². The highest BCUT2D eigenvalue weighted by Crippen LogP contribution is 2.68. The maximum atomic E-state index is 14.2. The van der Waals surface area contributed by atoms with Gasteiger partial charge in [-0.2, -0.15) is 158 Å². The summed E-state index contributed by atoms with van der Waals surface area (Å²) in [4.78, 5) is 0. The van der Waals surface area contributed by atoms with Gasteiger partial charge in [-0.1, -0.05) is 0 Å². The van der Waals surface area contributed by atoms with Gasteiger partial charge in [-0.05, 0) is 13.8 Å². The summed E-state index contributed by atoms with van der Waals surface area (Å²) in [7, 11) is 0. The van der Waals surface area contributed by atoms with Crippen LogP contribution in [-0.2, 0) is 14.2 Å². The SMILES string of the molecule is CC(COCC(O)CC(F)(F)C(F)(F)C(F)(F)C(F)(F)C(F)(F)C(F)(F)C(F)(C(F)(F)F)C(F)(F)F)OC(C)COCC(O)CC(F)(F)C(F)(F)C(F)(F)C(F)(F)C(F)(F)C(F)(F)C(F)(C(F)(F)F)C(F)(F)F. The Morgan fingerprint density at radius 2 is 0.452 bits per heavy atom. The first-order valence-electron chi connectivity index (χ1n) is 17.6. The van der Waals surface area contributed by atoms with E-state index < -0.39 is 171 Å². The van der Waals surface area contributed by atoms with Crippen molar-refractivity contribution in [3.63, 3.8) is 0 Å². The summed E-state index contributed by atoms with van der Waals surface area (Å²) < 4.78 is 527. The Morgan fingerprint density at radius 1 is 0.274 bits per heavy atom. The van der Waals surface area contributed by atoms with E-state index >= 15 is 0 Å². The van der Waals surface area contributed by atoms with Crippen molar-refractivity contribution in [2.45, 2.75) is 158 Å². The van der Waals surface area contributed by atoms with Crippen molar-refractivity contribution in [3.05, 3.63) is 0 Å². The van der Waals surface area contributed by atoms with E-state index in [2.05, 4.69) is 9.47 Å². The molecular formula is C30H24F38O5. The zero-order valence-corrected chi connectivity index (χ0v) is 34.0. The number of aliphatic hydroxyl groups excluding tert-OH is 2. The second-order valence-corrected chi connectivity index (χ2v) is 15.0. The number of rotatable bonds is 26. The van der Waals surface area contributed by atoms with E-state index in [1.54, 1.807) is 0 Å². The molecule has 0 heterocycles. The third kappa shape index (κ3) is 11.2. The minimum absolute atomic E-state index is 0.723. The molecule has 0 bridgehead atoms. The molecule has 0 rings (SSSR count). The van der Waals surface area contributed by atoms with Crippen LogP contribution in [0.5, 0.6) is 0 Å². The van der Waals surface area contributed by atoms with E-state index in [0.717, 1.165) is 13.8 Å². The minimum atomic E-state index is -9.32. The van der Waals surface area contributed by atoms with E-state index in [-0.39, 0.29) is 0 Å². The van der Waals surface area contributed by atoms with Crippen LogP contribution in [0.3, 0.4) is 0 Å². The molecule has 0 aromatic heterocycles. The first kappa shape index (κ1) is 70.1. The zero-order valence-electron chi connectivity index (χ0n) is 34.0. The number of ether oxygens (including phenoxy) is 3. The molecule has 0 aliphatic heterocycles. The molecule has 0 fully saturated rings. The lowest BCUT2D eigenvalue weighted by atomic mass is 9.83. The fourth-order valence-electron chi connectivity index (χ4n) is 5.29. The molecule has 73 heavy (non-hydrogen) atoms. The van der Waals surface area contributed by atoms with Gasteiger partial charge < -0.3 is 24.4 Å². The molecule has 0 saturated carbocycles. The van der Waals surface area contributed by atoms with Gasteiger partial charge in [-0.3, -0.25) is 0 Å². The van der Waals surface area contributed by atoms with Crippen LogP contribution in [0.15, 0.2) is 0 Å². The summed E-state index contributed by atoms with van der Waals surface area (Å²) in [6.45, 7) is -5.05. The number of hydrogen-bond donors (Lipinski definition) is 2. The van der Waals surface area contributed by atoms with Crippen molar-refractivity contribution in [1.29, 1.82) is 0 Å². The molecule has 2 N–H and O–H groups in total. The first-order valence-corrected chi connectivity index (χ1v) is 17.6. The van der Waals surface area contributed by atoms with Gasteiger partial charge in [0.2, 0.25) is 0 Å². The van der Waals surface area contributed by atoms with Gasteiger partial charge in [-0.25, -0.2) is 8.78 Å². The van der Waals surface area contributed by atoms with E-state index in [9.17, 15) is 177 Å². The highest BCUT2D eigenvalue weighted by Gasteiger charge is 3.00. The predicted octanol–water partition coefficient (Wildman–Crippen LogP) is 12.6. The minimum Gasteiger partial charge on any atom is -0.390 e. The van der Waals surface area contributed by atoms with Gasteiger partial charge in [0.1, 0.15) is 0 Å². The summed E-state index contributed by atoms with van der Waals surface area (Å²) in [5, 5.41) is 18.9. The maximum Gasteiger partial charge on any atom is 0.438 e. The lowest BCUT2D eigenvalue weighted by molar-refractivity contribution is -0.472. The summed E-state index contributed by atoms with van der Waals surface area (Å²) in [5.41, 5.74) is -18.0. The van der Waals surface area contributed by atoms with Gasteiger partial charge in [-0.15, -0.1) is 0 Å². The van der Waals surface area contributed by atoms with Crippen molar-refractivity contribution < 1.29 is 191 Å². The summed E-state index contributed by atoms with van der Waals surface area (Å²) >= 11 is 0. The quantitative estimate of drug-likeness (QED) is 0.0845. The highest BCUT2D eigenvalue weighted by molar-refractivity contribution is 5.21. The van der Waals surface area contributed by atoms with Gasteiger partial charge >= 0.3 is 107 Å². The lowest BCUT2D eigenvalue weighted by Crippen LogP contribution is -2.77. The topological polar surface area (TPSA) is 68.2 Å². The fourth-order valence-corrected chi connectivity index (χ4v) is 5.29. The third-order valence-corrected chi connectivity index (χ3v) is 9.28. The Hall–Kier alpha value is -2.86. The molecule has 0 radical (unpaired) electrons. The molecule has 0 aliphatic rings. The van der Waals surface area contributed by atoms with Crippen LogP contribution in [0.25, 0.3) is 0 Å². The summed E-state index contributed by atoms with van der Waals surface area (Å²) in [6.07, 6.45) is -51.4. The van der Waals surface area contributed by atoms with Gasteiger partial charge in [0.25, 0.3) is 0 Å². The third-order valence-electron chi connectivity index (χ3n) is 9.28. The van der Waals surface area contributed by atoms with Crippen LogP contribution in [-0.4, -0.2) is 168 Å². The first-order chi connectivity index (χ1) is 31.3. The maximum absolute atomic E-state index is 14.2. The normalized spacial score (nSPS) is 18.0. The van der Waals surface area contributed by atoms with E-state index in [4.69, 9.17) is 4.74 Å². The fraction of sp³-hybridized carbons (Fsp3) is 1.00. The van der Waals surface area contributed by atoms with Crippen molar-refractivity contribution in [1.82, 2.24) is 0 Å². The zero-order chi connectivity index (χ0) is 59.7. The molecule has 0 aromatic rings. The second kappa shape index (κ2) is 20.2. The van der Waals surface area contributed by atoms with Crippen molar-refractivity contribution in [3.8, 4) is 0 Å². The second-order valence-electron chi connectivity index (χ2n) is 15.0. The molecule has 0 spiro atoms.